The Kier molecular flexibility index (Phi) is 7.93. The van der Waals surface area contributed by atoms with Gasteiger partial charge >= 0.3 is 5.97 Å². The van der Waals surface area contributed by atoms with Crippen LogP contribution in [-0.2, 0) is 25.4 Å². The molecule has 150 valence electrons. The van der Waals surface area contributed by atoms with Crippen molar-refractivity contribution in [3.05, 3.63) is 11.3 Å². The lowest BCUT2D eigenvalue weighted by molar-refractivity contribution is -0.162. The molecule has 1 fully saturated rings. The molecule has 2 heterocycles. The average Bonchev–Trinajstić information content (AvgIpc) is 2.81. The van der Waals surface area contributed by atoms with Gasteiger partial charge in [-0.05, 0) is 19.5 Å². The van der Waals surface area contributed by atoms with Crippen LogP contribution in [0.15, 0.2) is 11.3 Å². The van der Waals surface area contributed by atoms with E-state index in [0.717, 1.165) is 5.57 Å². The average molecular weight is 418 g/mol. The Bertz CT molecular complexity index is 651. The molecule has 0 aliphatic carbocycles. The summed E-state index contributed by atoms with van der Waals surface area (Å²) in [5.41, 5.74) is 0.929. The van der Waals surface area contributed by atoms with E-state index in [-0.39, 0.29) is 30.1 Å². The summed E-state index contributed by atoms with van der Waals surface area (Å²) in [5.74, 6) is -1.63. The van der Waals surface area contributed by atoms with Crippen molar-refractivity contribution in [3.8, 4) is 0 Å². The lowest BCUT2D eigenvalue weighted by atomic mass is 9.77. The number of fused-ring (bicyclic) bond motifs is 1. The molecule has 2 rings (SSSR count). The lowest BCUT2D eigenvalue weighted by Crippen LogP contribution is -2.63. The summed E-state index contributed by atoms with van der Waals surface area (Å²) in [6.45, 7) is 4.58. The highest BCUT2D eigenvalue weighted by Crippen LogP contribution is 2.47. The van der Waals surface area contributed by atoms with Crippen LogP contribution in [0.5, 0.6) is 0 Å². The number of rotatable bonds is 10. The van der Waals surface area contributed by atoms with Crippen molar-refractivity contribution >= 4 is 40.1 Å². The van der Waals surface area contributed by atoms with Gasteiger partial charge in [-0.1, -0.05) is 6.92 Å². The van der Waals surface area contributed by atoms with Crippen LogP contribution in [0.3, 0.4) is 0 Å². The first kappa shape index (κ1) is 22.4. The van der Waals surface area contributed by atoms with E-state index in [9.17, 15) is 18.9 Å². The highest BCUT2D eigenvalue weighted by atomic mass is 32.2. The summed E-state index contributed by atoms with van der Waals surface area (Å²) in [7, 11) is 6.52. The quantitative estimate of drug-likeness (QED) is 0.146. The van der Waals surface area contributed by atoms with Crippen LogP contribution < -0.4 is 9.72 Å². The Hall–Kier alpha value is -0.875. The summed E-state index contributed by atoms with van der Waals surface area (Å²) >= 11 is -2.09. The van der Waals surface area contributed by atoms with E-state index in [4.69, 9.17) is 17.1 Å². The molecular formula is C14H24BN4O6PS. The van der Waals surface area contributed by atoms with Gasteiger partial charge in [0.2, 0.25) is 17.2 Å². The largest absolute Gasteiger partial charge is 0.428 e. The zero-order valence-corrected chi connectivity index (χ0v) is 17.2. The van der Waals surface area contributed by atoms with E-state index in [0.29, 0.717) is 13.1 Å². The second kappa shape index (κ2) is 9.55. The number of hydrogen-bond acceptors (Lipinski definition) is 7. The molecule has 6 atom stereocenters. The van der Waals surface area contributed by atoms with Gasteiger partial charge in [-0.25, -0.2) is 13.7 Å². The molecule has 0 spiro atoms. The number of nitrogens with zero attached hydrogens (tertiary/aromatic N) is 2. The Labute approximate surface area is 163 Å². The van der Waals surface area contributed by atoms with E-state index >= 15 is 0 Å². The standard InChI is InChI=1S/C14H24BN4O6PS/c1-7-9(6-18(3)5-4-16-27(23)24)12(14(22)25-26-17-15)19-11(7)10(8(2)20)13(19)21/h7-8,10-11,16-17,20,26H,4-6H2,1-3H3,(H,23,24)/t7-,8+,10+,11+/m0/s1. The van der Waals surface area contributed by atoms with Crippen molar-refractivity contribution in [1.82, 2.24) is 19.5 Å². The summed E-state index contributed by atoms with van der Waals surface area (Å²) in [4.78, 5) is 30.6. The Morgan fingerprint density at radius 3 is 2.78 bits per heavy atom. The molecule has 1 saturated heterocycles. The predicted molar refractivity (Wildman–Crippen MR) is 102 cm³/mol. The van der Waals surface area contributed by atoms with Gasteiger partial charge in [0, 0.05) is 25.6 Å². The summed E-state index contributed by atoms with van der Waals surface area (Å²) in [6, 6.07) is -0.291. The minimum atomic E-state index is -2.09. The molecule has 0 aromatic rings. The number of carbonyl (C=O) groups excluding carboxylic acids is 2. The Balaban J connectivity index is 2.20. The van der Waals surface area contributed by atoms with Crippen LogP contribution in [0.4, 0.5) is 0 Å². The van der Waals surface area contributed by atoms with Gasteiger partial charge < -0.3 is 24.4 Å². The van der Waals surface area contributed by atoms with Gasteiger partial charge in [0.25, 0.3) is 0 Å². The fourth-order valence-corrected chi connectivity index (χ4v) is 4.17. The van der Waals surface area contributed by atoms with Gasteiger partial charge in [-0.15, -0.1) is 0 Å². The van der Waals surface area contributed by atoms with Crippen molar-refractivity contribution in [2.24, 2.45) is 11.8 Å². The van der Waals surface area contributed by atoms with Crippen LogP contribution in [0.2, 0.25) is 0 Å². The topological polar surface area (TPSA) is 131 Å². The van der Waals surface area contributed by atoms with Crippen molar-refractivity contribution in [2.75, 3.05) is 26.7 Å². The number of aliphatic hydroxyl groups excluding tert-OH is 1. The number of aliphatic hydroxyl groups is 1. The second-order valence-electron chi connectivity index (χ2n) is 6.64. The highest BCUT2D eigenvalue weighted by molar-refractivity contribution is 7.77. The van der Waals surface area contributed by atoms with Crippen molar-refractivity contribution < 1.29 is 28.0 Å². The molecule has 0 aromatic heterocycles. The van der Waals surface area contributed by atoms with E-state index in [1.165, 1.54) is 4.90 Å². The SMILES string of the molecule is [B]NPOC(=O)C1=C(CN(C)CCNS(=O)O)[C@H](C)[C@@H]2[C@@H]([C@@H](C)O)C(=O)N12. The normalized spacial score (nSPS) is 27.3. The zero-order chi connectivity index (χ0) is 20.3. The minimum absolute atomic E-state index is 0.138. The molecule has 2 unspecified atom stereocenters. The monoisotopic (exact) mass is 418 g/mol. The summed E-state index contributed by atoms with van der Waals surface area (Å²) < 4.78 is 26.9. The van der Waals surface area contributed by atoms with Gasteiger partial charge in [0.15, 0.2) is 7.98 Å². The maximum absolute atomic E-state index is 12.5. The third kappa shape index (κ3) is 4.76. The molecule has 1 amide bonds. The molecule has 27 heavy (non-hydrogen) atoms. The van der Waals surface area contributed by atoms with E-state index < -0.39 is 38.2 Å². The minimum Gasteiger partial charge on any atom is -0.428 e. The summed E-state index contributed by atoms with van der Waals surface area (Å²) in [5, 5.41) is 9.93. The molecule has 2 radical (unpaired) electrons. The van der Waals surface area contributed by atoms with Crippen molar-refractivity contribution in [3.63, 3.8) is 0 Å². The molecular weight excluding hydrogens is 394 g/mol. The molecule has 2 aliphatic heterocycles. The maximum atomic E-state index is 12.5. The van der Waals surface area contributed by atoms with Crippen LogP contribution in [-0.4, -0.2) is 82.4 Å². The third-order valence-electron chi connectivity index (χ3n) is 4.87. The first-order chi connectivity index (χ1) is 12.7. The summed E-state index contributed by atoms with van der Waals surface area (Å²) in [6.07, 6.45) is -0.813. The molecule has 0 bridgehead atoms. The first-order valence-electron chi connectivity index (χ1n) is 8.39. The first-order valence-corrected chi connectivity index (χ1v) is 10.4. The number of carbonyl (C=O) groups is 2. The fraction of sp³-hybridized carbons (Fsp3) is 0.714. The smallest absolute Gasteiger partial charge is 0.358 e. The molecule has 0 aromatic carbocycles. The number of amides is 1. The van der Waals surface area contributed by atoms with Crippen LogP contribution in [0, 0.1) is 11.8 Å². The molecule has 0 saturated carbocycles. The predicted octanol–water partition coefficient (Wildman–Crippen LogP) is -1.52. The highest BCUT2D eigenvalue weighted by Gasteiger charge is 2.59. The van der Waals surface area contributed by atoms with Crippen molar-refractivity contribution in [1.29, 1.82) is 0 Å². The number of β-lactam (4-membered cyclic amide) rings is 1. The number of hydrogen-bond donors (Lipinski definition) is 4. The molecule has 4 N–H and O–H groups in total. The van der Waals surface area contributed by atoms with E-state index in [2.05, 4.69) is 9.72 Å². The lowest BCUT2D eigenvalue weighted by Gasteiger charge is -2.46. The van der Waals surface area contributed by atoms with Gasteiger partial charge in [0.05, 0.1) is 18.1 Å². The molecule has 2 aliphatic rings. The van der Waals surface area contributed by atoms with Crippen LogP contribution >= 0.6 is 8.96 Å². The second-order valence-corrected chi connectivity index (χ2v) is 8.13. The maximum Gasteiger partial charge on any atom is 0.358 e. The van der Waals surface area contributed by atoms with Gasteiger partial charge in [0.1, 0.15) is 14.7 Å². The molecule has 10 nitrogen and oxygen atoms in total. The van der Waals surface area contributed by atoms with E-state index in [1.54, 1.807) is 14.0 Å². The van der Waals surface area contributed by atoms with Crippen LogP contribution in [0.1, 0.15) is 13.8 Å². The zero-order valence-electron chi connectivity index (χ0n) is 15.3. The number of likely N-dealkylation sites (N-methyl/N-ethyl adjacent to an activating group) is 1. The number of nitrogens with one attached hydrogen (secondary N) is 2. The Morgan fingerprint density at radius 1 is 1.56 bits per heavy atom. The van der Waals surface area contributed by atoms with Crippen molar-refractivity contribution in [2.45, 2.75) is 26.0 Å². The van der Waals surface area contributed by atoms with Gasteiger partial charge in [-0.2, -0.15) is 0 Å². The third-order valence-corrected chi connectivity index (χ3v) is 5.73. The Morgan fingerprint density at radius 2 is 2.22 bits per heavy atom. The van der Waals surface area contributed by atoms with Crippen LogP contribution in [0.25, 0.3) is 0 Å². The van der Waals surface area contributed by atoms with E-state index in [1.807, 2.05) is 11.8 Å². The molecule has 13 heteroatoms. The fourth-order valence-electron chi connectivity index (χ4n) is 3.66. The van der Waals surface area contributed by atoms with Gasteiger partial charge in [-0.3, -0.25) is 9.35 Å².